The van der Waals surface area contributed by atoms with Crippen LogP contribution in [-0.4, -0.2) is 66.0 Å². The van der Waals surface area contributed by atoms with Gasteiger partial charge in [0.2, 0.25) is 10.0 Å². The number of sulfonamides is 1. The number of benzene rings is 1. The number of piperidine rings is 1. The van der Waals surface area contributed by atoms with Crippen LogP contribution in [0.4, 0.5) is 8.78 Å². The summed E-state index contributed by atoms with van der Waals surface area (Å²) >= 11 is 0. The first-order chi connectivity index (χ1) is 12.2. The first-order valence-electron chi connectivity index (χ1n) is 8.11. The minimum atomic E-state index is -3.37. The molecule has 1 aliphatic heterocycles. The van der Waals surface area contributed by atoms with E-state index in [4.69, 9.17) is 5.11 Å². The highest BCUT2D eigenvalue weighted by Gasteiger charge is 2.34. The Balaban J connectivity index is 2.22. The van der Waals surface area contributed by atoms with Crippen molar-refractivity contribution in [2.75, 3.05) is 25.4 Å². The standard InChI is InChI=1S/C16H20F2N2O5S/c1-2-26(24,25)19-7-5-12(6-8-19)20(10-15(21)22)16(23)13-9-11(17)3-4-14(13)18/h3-4,9,12H,2,5-8,10H2,1H3,(H,21,22). The summed E-state index contributed by atoms with van der Waals surface area (Å²) in [4.78, 5) is 24.7. The fourth-order valence-corrected chi connectivity index (χ4v) is 4.08. The molecule has 0 aromatic heterocycles. The number of hydrogen-bond donors (Lipinski definition) is 1. The van der Waals surface area contributed by atoms with E-state index < -0.39 is 51.7 Å². The van der Waals surface area contributed by atoms with Gasteiger partial charge in [0.1, 0.15) is 18.2 Å². The molecule has 0 atom stereocenters. The fourth-order valence-electron chi connectivity index (χ4n) is 2.94. The van der Waals surface area contributed by atoms with Crippen LogP contribution < -0.4 is 0 Å². The predicted octanol–water partition coefficient (Wildman–Crippen LogP) is 1.31. The number of halogens is 2. The van der Waals surface area contributed by atoms with Crippen LogP contribution in [-0.2, 0) is 14.8 Å². The summed E-state index contributed by atoms with van der Waals surface area (Å²) in [6.07, 6.45) is 0.435. The maximum Gasteiger partial charge on any atom is 0.323 e. The Morgan fingerprint density at radius 1 is 1.27 bits per heavy atom. The van der Waals surface area contributed by atoms with Crippen molar-refractivity contribution in [2.24, 2.45) is 0 Å². The second-order valence-corrected chi connectivity index (χ2v) is 8.24. The largest absolute Gasteiger partial charge is 0.480 e. The number of aliphatic carboxylic acids is 1. The molecule has 0 spiro atoms. The number of carboxylic acids is 1. The maximum absolute atomic E-state index is 13.9. The average Bonchev–Trinajstić information content (AvgIpc) is 2.61. The van der Waals surface area contributed by atoms with Crippen molar-refractivity contribution >= 4 is 21.9 Å². The zero-order valence-corrected chi connectivity index (χ0v) is 15.0. The van der Waals surface area contributed by atoms with E-state index in [-0.39, 0.29) is 31.7 Å². The van der Waals surface area contributed by atoms with E-state index in [2.05, 4.69) is 0 Å². The van der Waals surface area contributed by atoms with E-state index in [0.717, 1.165) is 23.1 Å². The van der Waals surface area contributed by atoms with Crippen molar-refractivity contribution in [3.05, 3.63) is 35.4 Å². The molecular weight excluding hydrogens is 370 g/mol. The highest BCUT2D eigenvalue weighted by molar-refractivity contribution is 7.89. The molecule has 1 saturated heterocycles. The predicted molar refractivity (Wildman–Crippen MR) is 89.1 cm³/mol. The molecule has 1 amide bonds. The number of rotatable bonds is 6. The molecule has 7 nitrogen and oxygen atoms in total. The highest BCUT2D eigenvalue weighted by Crippen LogP contribution is 2.22. The topological polar surface area (TPSA) is 95.0 Å². The number of nitrogens with zero attached hydrogens (tertiary/aromatic N) is 2. The number of carbonyl (C=O) groups is 2. The Morgan fingerprint density at radius 3 is 2.42 bits per heavy atom. The van der Waals surface area contributed by atoms with Gasteiger partial charge in [-0.2, -0.15) is 0 Å². The first kappa shape index (κ1) is 20.2. The van der Waals surface area contributed by atoms with Crippen LogP contribution in [0.2, 0.25) is 0 Å². The Labute approximate surface area is 150 Å². The molecule has 1 aromatic rings. The summed E-state index contributed by atoms with van der Waals surface area (Å²) in [5, 5.41) is 9.09. The molecule has 1 aromatic carbocycles. The lowest BCUT2D eigenvalue weighted by molar-refractivity contribution is -0.138. The van der Waals surface area contributed by atoms with E-state index in [1.807, 2.05) is 0 Å². The van der Waals surface area contributed by atoms with E-state index in [0.29, 0.717) is 0 Å². The number of carbonyl (C=O) groups excluding carboxylic acids is 1. The van der Waals surface area contributed by atoms with Crippen molar-refractivity contribution in [1.29, 1.82) is 0 Å². The molecular formula is C16H20F2N2O5S. The SMILES string of the molecule is CCS(=O)(=O)N1CCC(N(CC(=O)O)C(=O)c2cc(F)ccc2F)CC1. The summed E-state index contributed by atoms with van der Waals surface area (Å²) in [7, 11) is -3.37. The lowest BCUT2D eigenvalue weighted by atomic mass is 10.0. The van der Waals surface area contributed by atoms with Crippen LogP contribution in [0, 0.1) is 11.6 Å². The van der Waals surface area contributed by atoms with Crippen LogP contribution in [0.25, 0.3) is 0 Å². The van der Waals surface area contributed by atoms with Gasteiger partial charge in [-0.3, -0.25) is 9.59 Å². The molecule has 0 radical (unpaired) electrons. The lowest BCUT2D eigenvalue weighted by Gasteiger charge is -2.37. The molecule has 2 rings (SSSR count). The second kappa shape index (κ2) is 8.09. The lowest BCUT2D eigenvalue weighted by Crippen LogP contribution is -2.50. The van der Waals surface area contributed by atoms with Gasteiger partial charge in [-0.25, -0.2) is 21.5 Å². The summed E-state index contributed by atoms with van der Waals surface area (Å²) < 4.78 is 52.4. The van der Waals surface area contributed by atoms with Gasteiger partial charge in [0.05, 0.1) is 11.3 Å². The molecule has 1 aliphatic rings. The van der Waals surface area contributed by atoms with Gasteiger partial charge in [-0.05, 0) is 38.0 Å². The minimum Gasteiger partial charge on any atom is -0.480 e. The highest BCUT2D eigenvalue weighted by atomic mass is 32.2. The third-order valence-corrected chi connectivity index (χ3v) is 6.23. The summed E-state index contributed by atoms with van der Waals surface area (Å²) in [5.41, 5.74) is -0.546. The molecule has 0 bridgehead atoms. The molecule has 1 N–H and O–H groups in total. The van der Waals surface area contributed by atoms with Gasteiger partial charge in [0.15, 0.2) is 0 Å². The van der Waals surface area contributed by atoms with Gasteiger partial charge < -0.3 is 10.0 Å². The summed E-state index contributed by atoms with van der Waals surface area (Å²) in [6.45, 7) is 1.11. The van der Waals surface area contributed by atoms with E-state index in [9.17, 15) is 26.8 Å². The molecule has 26 heavy (non-hydrogen) atoms. The Kier molecular flexibility index (Phi) is 6.30. The molecule has 0 unspecified atom stereocenters. The first-order valence-corrected chi connectivity index (χ1v) is 9.72. The normalized spacial score (nSPS) is 16.4. The van der Waals surface area contributed by atoms with Crippen LogP contribution in [0.15, 0.2) is 18.2 Å². The molecule has 0 aliphatic carbocycles. The van der Waals surface area contributed by atoms with Gasteiger partial charge in [0, 0.05) is 19.1 Å². The van der Waals surface area contributed by atoms with E-state index in [1.54, 1.807) is 0 Å². The van der Waals surface area contributed by atoms with Gasteiger partial charge in [0.25, 0.3) is 5.91 Å². The quantitative estimate of drug-likeness (QED) is 0.790. The zero-order chi connectivity index (χ0) is 19.5. The monoisotopic (exact) mass is 390 g/mol. The van der Waals surface area contributed by atoms with Crippen molar-refractivity contribution < 1.29 is 31.9 Å². The molecule has 144 valence electrons. The third kappa shape index (κ3) is 4.55. The Morgan fingerprint density at radius 2 is 1.88 bits per heavy atom. The van der Waals surface area contributed by atoms with Crippen molar-refractivity contribution in [3.8, 4) is 0 Å². The third-order valence-electron chi connectivity index (χ3n) is 4.35. The number of amides is 1. The number of hydrogen-bond acceptors (Lipinski definition) is 4. The smallest absolute Gasteiger partial charge is 0.323 e. The Hall–Kier alpha value is -2.07. The molecule has 10 heteroatoms. The van der Waals surface area contributed by atoms with Crippen LogP contribution in [0.3, 0.4) is 0 Å². The van der Waals surface area contributed by atoms with Gasteiger partial charge in [-0.1, -0.05) is 0 Å². The maximum atomic E-state index is 13.9. The fraction of sp³-hybridized carbons (Fsp3) is 0.500. The van der Waals surface area contributed by atoms with Gasteiger partial charge >= 0.3 is 5.97 Å². The summed E-state index contributed by atoms with van der Waals surface area (Å²) in [5.74, 6) is -4.03. The van der Waals surface area contributed by atoms with Crippen LogP contribution in [0.5, 0.6) is 0 Å². The second-order valence-electron chi connectivity index (χ2n) is 5.98. The van der Waals surface area contributed by atoms with Crippen LogP contribution in [0.1, 0.15) is 30.1 Å². The van der Waals surface area contributed by atoms with E-state index >= 15 is 0 Å². The molecule has 0 saturated carbocycles. The van der Waals surface area contributed by atoms with E-state index in [1.165, 1.54) is 11.2 Å². The minimum absolute atomic E-state index is 0.0516. The zero-order valence-electron chi connectivity index (χ0n) is 14.2. The van der Waals surface area contributed by atoms with Crippen LogP contribution >= 0.6 is 0 Å². The van der Waals surface area contributed by atoms with Crippen molar-refractivity contribution in [1.82, 2.24) is 9.21 Å². The van der Waals surface area contributed by atoms with Crippen molar-refractivity contribution in [3.63, 3.8) is 0 Å². The summed E-state index contributed by atoms with van der Waals surface area (Å²) in [6, 6.07) is 1.81. The Bertz CT molecular complexity index is 792. The average molecular weight is 390 g/mol. The number of carboxylic acid groups (broad SMARTS) is 1. The van der Waals surface area contributed by atoms with Gasteiger partial charge in [-0.15, -0.1) is 0 Å². The molecule has 1 heterocycles. The molecule has 1 fully saturated rings. The van der Waals surface area contributed by atoms with Crippen molar-refractivity contribution in [2.45, 2.75) is 25.8 Å².